The van der Waals surface area contributed by atoms with Crippen LogP contribution in [0.3, 0.4) is 0 Å². The van der Waals surface area contributed by atoms with E-state index in [2.05, 4.69) is 4.98 Å². The number of halogens is 6. The largest absolute Gasteiger partial charge is 0.454 e. The SMILES string of the molecule is Cn1c(-c2ccccc2)c(C(=O)C(F)(F)F)c2cc3[nH]c(=O)cc(C(F)(F)F)c3cc21. The second kappa shape index (κ2) is 6.73. The number of aromatic nitrogens is 2. The highest BCUT2D eigenvalue weighted by Gasteiger charge is 2.43. The molecule has 0 atom stereocenters. The molecule has 0 spiro atoms. The number of nitrogens with one attached hydrogen (secondary N) is 1. The molecule has 0 aliphatic rings. The molecule has 4 nitrogen and oxygen atoms in total. The minimum Gasteiger partial charge on any atom is -0.343 e. The van der Waals surface area contributed by atoms with Gasteiger partial charge >= 0.3 is 12.4 Å². The zero-order chi connectivity index (χ0) is 22.7. The third-order valence-corrected chi connectivity index (χ3v) is 5.00. The summed E-state index contributed by atoms with van der Waals surface area (Å²) in [5.74, 6) is -2.13. The second-order valence-corrected chi connectivity index (χ2v) is 6.94. The predicted octanol–water partition coefficient (Wildman–Crippen LogP) is 5.45. The summed E-state index contributed by atoms with van der Waals surface area (Å²) < 4.78 is 81.9. The number of nitrogens with zero attached hydrogens (tertiary/aromatic N) is 1. The van der Waals surface area contributed by atoms with Crippen LogP contribution in [0.2, 0.25) is 0 Å². The van der Waals surface area contributed by atoms with Crippen LogP contribution in [-0.4, -0.2) is 21.5 Å². The topological polar surface area (TPSA) is 54.9 Å². The molecular formula is C21H12F6N2O2. The van der Waals surface area contributed by atoms with E-state index in [0.29, 0.717) is 6.07 Å². The number of ketones is 1. The van der Waals surface area contributed by atoms with Crippen LogP contribution in [0.5, 0.6) is 0 Å². The molecule has 0 amide bonds. The molecule has 160 valence electrons. The summed E-state index contributed by atoms with van der Waals surface area (Å²) in [5, 5.41) is -0.614. The fourth-order valence-electron chi connectivity index (χ4n) is 3.73. The predicted molar refractivity (Wildman–Crippen MR) is 102 cm³/mol. The van der Waals surface area contributed by atoms with E-state index in [1.54, 1.807) is 18.2 Å². The van der Waals surface area contributed by atoms with Crippen molar-refractivity contribution in [1.29, 1.82) is 0 Å². The van der Waals surface area contributed by atoms with Crippen LogP contribution >= 0.6 is 0 Å². The number of rotatable bonds is 2. The summed E-state index contributed by atoms with van der Waals surface area (Å²) in [5.41, 5.74) is -3.14. The lowest BCUT2D eigenvalue weighted by Crippen LogP contribution is -2.23. The molecular weight excluding hydrogens is 426 g/mol. The minimum absolute atomic E-state index is 0.0171. The average Bonchev–Trinajstić information content (AvgIpc) is 2.96. The molecule has 31 heavy (non-hydrogen) atoms. The molecule has 0 unspecified atom stereocenters. The summed E-state index contributed by atoms with van der Waals surface area (Å²) in [6, 6.07) is 10.1. The van der Waals surface area contributed by atoms with Gasteiger partial charge in [-0.15, -0.1) is 0 Å². The lowest BCUT2D eigenvalue weighted by Gasteiger charge is -2.10. The van der Waals surface area contributed by atoms with Gasteiger partial charge in [-0.1, -0.05) is 30.3 Å². The minimum atomic E-state index is -5.21. The average molecular weight is 438 g/mol. The van der Waals surface area contributed by atoms with E-state index in [1.165, 1.54) is 23.7 Å². The molecule has 1 N–H and O–H groups in total. The first-order valence-corrected chi connectivity index (χ1v) is 8.83. The van der Waals surface area contributed by atoms with Crippen molar-refractivity contribution in [2.75, 3.05) is 0 Å². The van der Waals surface area contributed by atoms with Gasteiger partial charge < -0.3 is 9.55 Å². The first kappa shape index (κ1) is 20.7. The van der Waals surface area contributed by atoms with Gasteiger partial charge in [0.2, 0.25) is 5.56 Å². The van der Waals surface area contributed by atoms with Crippen LogP contribution < -0.4 is 5.56 Å². The molecule has 4 aromatic rings. The van der Waals surface area contributed by atoms with Crippen LogP contribution in [0.4, 0.5) is 26.3 Å². The van der Waals surface area contributed by atoms with E-state index < -0.39 is 40.2 Å². The molecule has 10 heteroatoms. The lowest BCUT2D eigenvalue weighted by atomic mass is 9.99. The number of aryl methyl sites for hydroxylation is 1. The highest BCUT2D eigenvalue weighted by molar-refractivity contribution is 6.17. The van der Waals surface area contributed by atoms with E-state index in [9.17, 15) is 35.9 Å². The maximum absolute atomic E-state index is 13.5. The third-order valence-electron chi connectivity index (χ3n) is 5.00. The zero-order valence-corrected chi connectivity index (χ0v) is 15.7. The number of alkyl halides is 6. The maximum Gasteiger partial charge on any atom is 0.454 e. The Hall–Kier alpha value is -3.56. The van der Waals surface area contributed by atoms with Gasteiger partial charge in [-0.3, -0.25) is 9.59 Å². The van der Waals surface area contributed by atoms with Gasteiger partial charge in [0.05, 0.1) is 16.8 Å². The summed E-state index contributed by atoms with van der Waals surface area (Å²) in [6.45, 7) is 0. The van der Waals surface area contributed by atoms with E-state index >= 15 is 0 Å². The lowest BCUT2D eigenvalue weighted by molar-refractivity contribution is -0.136. The fourth-order valence-corrected chi connectivity index (χ4v) is 3.73. The molecule has 2 aromatic carbocycles. The van der Waals surface area contributed by atoms with Crippen LogP contribution in [-0.2, 0) is 13.2 Å². The fraction of sp³-hybridized carbons (Fsp3) is 0.143. The van der Waals surface area contributed by atoms with Crippen molar-refractivity contribution in [3.05, 3.63) is 70.0 Å². The number of benzene rings is 2. The first-order valence-electron chi connectivity index (χ1n) is 8.83. The first-order chi connectivity index (χ1) is 14.4. The van der Waals surface area contributed by atoms with Crippen molar-refractivity contribution < 1.29 is 31.1 Å². The Bertz CT molecular complexity index is 1400. The van der Waals surface area contributed by atoms with Crippen molar-refractivity contribution in [2.45, 2.75) is 12.4 Å². The molecule has 0 bridgehead atoms. The number of H-pyrrole nitrogens is 1. The Morgan fingerprint density at radius 3 is 2.16 bits per heavy atom. The maximum atomic E-state index is 13.5. The van der Waals surface area contributed by atoms with Gasteiger partial charge in [0, 0.05) is 34.9 Å². The summed E-state index contributed by atoms with van der Waals surface area (Å²) in [4.78, 5) is 26.3. The third kappa shape index (κ3) is 3.37. The quantitative estimate of drug-likeness (QED) is 0.334. The second-order valence-electron chi connectivity index (χ2n) is 6.94. The molecule has 4 rings (SSSR count). The van der Waals surface area contributed by atoms with Crippen molar-refractivity contribution in [2.24, 2.45) is 7.05 Å². The molecule has 0 aliphatic heterocycles. The molecule has 0 fully saturated rings. The Labute approximate surface area is 169 Å². The number of aromatic amines is 1. The Morgan fingerprint density at radius 1 is 0.935 bits per heavy atom. The van der Waals surface area contributed by atoms with Crippen molar-refractivity contribution in [3.8, 4) is 11.3 Å². The van der Waals surface area contributed by atoms with Crippen LogP contribution in [0.1, 0.15) is 15.9 Å². The van der Waals surface area contributed by atoms with E-state index in [1.807, 2.05) is 0 Å². The Balaban J connectivity index is 2.20. The molecule has 0 saturated carbocycles. The summed E-state index contributed by atoms with van der Waals surface area (Å²) in [7, 11) is 1.36. The van der Waals surface area contributed by atoms with Gasteiger partial charge in [0.15, 0.2) is 0 Å². The number of pyridine rings is 1. The number of carbonyl (C=O) groups excluding carboxylic acids is 1. The number of hydrogen-bond donors (Lipinski definition) is 1. The van der Waals surface area contributed by atoms with Crippen molar-refractivity contribution in [1.82, 2.24) is 9.55 Å². The van der Waals surface area contributed by atoms with Crippen LogP contribution in [0.15, 0.2) is 53.3 Å². The van der Waals surface area contributed by atoms with Gasteiger partial charge in [-0.05, 0) is 17.7 Å². The van der Waals surface area contributed by atoms with E-state index in [4.69, 9.17) is 0 Å². The van der Waals surface area contributed by atoms with Gasteiger partial charge in [0.1, 0.15) is 0 Å². The molecule has 0 radical (unpaired) electrons. The van der Waals surface area contributed by atoms with Gasteiger partial charge in [-0.25, -0.2) is 0 Å². The Kier molecular flexibility index (Phi) is 4.49. The van der Waals surface area contributed by atoms with E-state index in [-0.39, 0.29) is 27.7 Å². The van der Waals surface area contributed by atoms with Crippen molar-refractivity contribution in [3.63, 3.8) is 0 Å². The van der Waals surface area contributed by atoms with Crippen LogP contribution in [0, 0.1) is 0 Å². The van der Waals surface area contributed by atoms with E-state index in [0.717, 1.165) is 12.1 Å². The summed E-state index contributed by atoms with van der Waals surface area (Å²) >= 11 is 0. The monoisotopic (exact) mass is 438 g/mol. The molecule has 0 aliphatic carbocycles. The molecule has 2 aromatic heterocycles. The number of hydrogen-bond acceptors (Lipinski definition) is 2. The smallest absolute Gasteiger partial charge is 0.343 e. The van der Waals surface area contributed by atoms with Crippen LogP contribution in [0.25, 0.3) is 33.1 Å². The molecule has 0 saturated heterocycles. The number of carbonyl (C=O) groups is 1. The highest BCUT2D eigenvalue weighted by Crippen LogP contribution is 2.40. The normalized spacial score (nSPS) is 12.6. The molecule has 2 heterocycles. The number of Topliss-reactive ketones (excluding diaryl/α,β-unsaturated/α-hetero) is 1. The van der Waals surface area contributed by atoms with Gasteiger partial charge in [-0.2, -0.15) is 26.3 Å². The Morgan fingerprint density at radius 2 is 1.58 bits per heavy atom. The standard InChI is InChI=1S/C21H12F6N2O2/c1-29-15-8-11-13(20(22,23)24)9-16(30)28-14(11)7-12(15)17(19(31)21(25,26)27)18(29)10-5-3-2-4-6-10/h2-9H,1H3,(H,28,30). The zero-order valence-electron chi connectivity index (χ0n) is 15.7. The highest BCUT2D eigenvalue weighted by atomic mass is 19.4. The number of fused-ring (bicyclic) bond motifs is 2. The van der Waals surface area contributed by atoms with Crippen molar-refractivity contribution >= 4 is 27.6 Å². The summed E-state index contributed by atoms with van der Waals surface area (Å²) in [6.07, 6.45) is -10.1. The van der Waals surface area contributed by atoms with Gasteiger partial charge in [0.25, 0.3) is 5.78 Å².